The fraction of sp³-hybridized carbons (Fsp3) is 0.222. The minimum Gasteiger partial charge on any atom is -0.496 e. The van der Waals surface area contributed by atoms with Gasteiger partial charge < -0.3 is 9.84 Å². The van der Waals surface area contributed by atoms with Gasteiger partial charge in [0, 0.05) is 22.6 Å². The molecule has 0 saturated heterocycles. The van der Waals surface area contributed by atoms with Crippen LogP contribution < -0.4 is 4.74 Å². The topological polar surface area (TPSA) is 29.5 Å². The van der Waals surface area contributed by atoms with E-state index < -0.39 is 0 Å². The summed E-state index contributed by atoms with van der Waals surface area (Å²) in [5, 5.41) is 8.76. The van der Waals surface area contributed by atoms with Gasteiger partial charge in [-0.05, 0) is 23.8 Å². The van der Waals surface area contributed by atoms with Crippen molar-refractivity contribution in [2.45, 2.75) is 11.5 Å². The van der Waals surface area contributed by atoms with Crippen molar-refractivity contribution in [3.8, 4) is 17.6 Å². The summed E-state index contributed by atoms with van der Waals surface area (Å²) in [5.74, 6) is 8.31. The van der Waals surface area contributed by atoms with E-state index in [1.807, 2.05) is 36.0 Å². The van der Waals surface area contributed by atoms with E-state index in [2.05, 4.69) is 36.1 Å². The van der Waals surface area contributed by atoms with E-state index in [4.69, 9.17) is 9.84 Å². The molecule has 0 aliphatic carbocycles. The molecule has 0 aliphatic rings. The van der Waals surface area contributed by atoms with Crippen LogP contribution in [-0.2, 0) is 11.5 Å². The number of aliphatic hydroxyl groups excluding tert-OH is 1. The predicted molar refractivity (Wildman–Crippen MR) is 88.4 cm³/mol. The third-order valence-corrected chi connectivity index (χ3v) is 4.01. The average molecular weight is 298 g/mol. The summed E-state index contributed by atoms with van der Waals surface area (Å²) in [4.78, 5) is 0. The van der Waals surface area contributed by atoms with E-state index >= 15 is 0 Å². The van der Waals surface area contributed by atoms with Gasteiger partial charge in [0.1, 0.15) is 12.4 Å². The average Bonchev–Trinajstić information content (AvgIpc) is 2.54. The third kappa shape index (κ3) is 4.86. The first-order valence-electron chi connectivity index (χ1n) is 6.72. The first kappa shape index (κ1) is 15.5. The Balaban J connectivity index is 2.03. The first-order chi connectivity index (χ1) is 10.3. The number of methoxy groups -OCH3 is 1. The summed E-state index contributed by atoms with van der Waals surface area (Å²) in [5.41, 5.74) is 3.35. The molecule has 21 heavy (non-hydrogen) atoms. The minimum absolute atomic E-state index is 0.121. The zero-order chi connectivity index (χ0) is 14.9. The number of hydrogen-bond acceptors (Lipinski definition) is 3. The van der Waals surface area contributed by atoms with Gasteiger partial charge in [0.25, 0.3) is 0 Å². The van der Waals surface area contributed by atoms with Crippen molar-refractivity contribution in [1.29, 1.82) is 0 Å². The highest BCUT2D eigenvalue weighted by Gasteiger charge is 2.04. The lowest BCUT2D eigenvalue weighted by Crippen LogP contribution is -1.92. The summed E-state index contributed by atoms with van der Waals surface area (Å²) in [6.07, 6.45) is 0. The molecular formula is C18H18O2S. The van der Waals surface area contributed by atoms with Gasteiger partial charge >= 0.3 is 0 Å². The van der Waals surface area contributed by atoms with E-state index in [9.17, 15) is 0 Å². The molecule has 0 unspecified atom stereocenters. The van der Waals surface area contributed by atoms with Crippen molar-refractivity contribution in [3.63, 3.8) is 0 Å². The molecule has 0 aromatic heterocycles. The Labute approximate surface area is 130 Å². The highest BCUT2D eigenvalue weighted by molar-refractivity contribution is 7.97. The second kappa shape index (κ2) is 8.41. The number of hydrogen-bond donors (Lipinski definition) is 1. The Morgan fingerprint density at radius 2 is 1.90 bits per heavy atom. The molecule has 3 heteroatoms. The SMILES string of the molecule is COc1ccc(C#CCO)cc1CSCc1ccccc1. The number of rotatable bonds is 5. The number of thioether (sulfide) groups is 1. The molecule has 0 heterocycles. The minimum atomic E-state index is -0.121. The van der Waals surface area contributed by atoms with Crippen molar-refractivity contribution < 1.29 is 9.84 Å². The Morgan fingerprint density at radius 3 is 2.62 bits per heavy atom. The van der Waals surface area contributed by atoms with Gasteiger partial charge in [-0.25, -0.2) is 0 Å². The summed E-state index contributed by atoms with van der Waals surface area (Å²) in [7, 11) is 1.68. The van der Waals surface area contributed by atoms with Crippen molar-refractivity contribution in [3.05, 3.63) is 65.2 Å². The quantitative estimate of drug-likeness (QED) is 0.857. The van der Waals surface area contributed by atoms with Crippen LogP contribution in [0.3, 0.4) is 0 Å². The van der Waals surface area contributed by atoms with Crippen LogP contribution in [-0.4, -0.2) is 18.8 Å². The summed E-state index contributed by atoms with van der Waals surface area (Å²) in [6.45, 7) is -0.121. The standard InChI is InChI=1S/C18H18O2S/c1-20-18-10-9-15(8-5-11-19)12-17(18)14-21-13-16-6-3-2-4-7-16/h2-4,6-7,9-10,12,19H,11,13-14H2,1H3. The van der Waals surface area contributed by atoms with Gasteiger partial charge in [0.05, 0.1) is 7.11 Å². The molecular weight excluding hydrogens is 280 g/mol. The van der Waals surface area contributed by atoms with Crippen LogP contribution in [0.1, 0.15) is 16.7 Å². The smallest absolute Gasteiger partial charge is 0.122 e. The molecule has 0 amide bonds. The van der Waals surface area contributed by atoms with E-state index in [1.54, 1.807) is 7.11 Å². The fourth-order valence-corrected chi connectivity index (χ4v) is 2.94. The molecule has 0 saturated carbocycles. The van der Waals surface area contributed by atoms with E-state index in [1.165, 1.54) is 5.56 Å². The van der Waals surface area contributed by atoms with Crippen molar-refractivity contribution in [2.24, 2.45) is 0 Å². The maximum atomic E-state index is 8.76. The molecule has 0 spiro atoms. The maximum Gasteiger partial charge on any atom is 0.122 e. The Kier molecular flexibility index (Phi) is 6.21. The Morgan fingerprint density at radius 1 is 1.10 bits per heavy atom. The number of ether oxygens (including phenoxy) is 1. The second-order valence-corrected chi connectivity index (χ2v) is 5.45. The van der Waals surface area contributed by atoms with Gasteiger partial charge in [-0.2, -0.15) is 11.8 Å². The Bertz CT molecular complexity index is 627. The maximum absolute atomic E-state index is 8.76. The lowest BCUT2D eigenvalue weighted by Gasteiger charge is -2.09. The zero-order valence-corrected chi connectivity index (χ0v) is 12.8. The Hall–Kier alpha value is -1.89. The van der Waals surface area contributed by atoms with Crippen molar-refractivity contribution in [1.82, 2.24) is 0 Å². The number of aliphatic hydroxyl groups is 1. The van der Waals surface area contributed by atoms with Crippen LogP contribution in [0.25, 0.3) is 0 Å². The highest BCUT2D eigenvalue weighted by atomic mass is 32.2. The van der Waals surface area contributed by atoms with Gasteiger partial charge in [-0.15, -0.1) is 0 Å². The molecule has 0 atom stereocenters. The summed E-state index contributed by atoms with van der Waals surface area (Å²) >= 11 is 1.84. The van der Waals surface area contributed by atoms with Crippen LogP contribution in [0.5, 0.6) is 5.75 Å². The van der Waals surface area contributed by atoms with Crippen LogP contribution in [0.4, 0.5) is 0 Å². The van der Waals surface area contributed by atoms with Crippen molar-refractivity contribution >= 4 is 11.8 Å². The van der Waals surface area contributed by atoms with Gasteiger partial charge in [-0.1, -0.05) is 42.2 Å². The highest BCUT2D eigenvalue weighted by Crippen LogP contribution is 2.26. The predicted octanol–water partition coefficient (Wildman–Crippen LogP) is 3.47. The normalized spacial score (nSPS) is 9.81. The van der Waals surface area contributed by atoms with E-state index in [0.29, 0.717) is 0 Å². The molecule has 1 N–H and O–H groups in total. The van der Waals surface area contributed by atoms with Crippen molar-refractivity contribution in [2.75, 3.05) is 13.7 Å². The van der Waals surface area contributed by atoms with Gasteiger partial charge in [-0.3, -0.25) is 0 Å². The second-order valence-electron chi connectivity index (χ2n) is 4.46. The van der Waals surface area contributed by atoms with Crippen LogP contribution in [0.2, 0.25) is 0 Å². The molecule has 2 nitrogen and oxygen atoms in total. The van der Waals surface area contributed by atoms with Crippen LogP contribution in [0.15, 0.2) is 48.5 Å². The molecule has 2 aromatic rings. The zero-order valence-electron chi connectivity index (χ0n) is 12.0. The molecule has 2 rings (SSSR count). The largest absolute Gasteiger partial charge is 0.496 e. The van der Waals surface area contributed by atoms with E-state index in [0.717, 1.165) is 28.4 Å². The molecule has 0 bridgehead atoms. The van der Waals surface area contributed by atoms with Gasteiger partial charge in [0.15, 0.2) is 0 Å². The fourth-order valence-electron chi connectivity index (χ4n) is 1.96. The molecule has 108 valence electrons. The van der Waals surface area contributed by atoms with Crippen LogP contribution in [0, 0.1) is 11.8 Å². The first-order valence-corrected chi connectivity index (χ1v) is 7.87. The lowest BCUT2D eigenvalue weighted by molar-refractivity contribution is 0.350. The van der Waals surface area contributed by atoms with Gasteiger partial charge in [0.2, 0.25) is 0 Å². The number of benzene rings is 2. The molecule has 0 radical (unpaired) electrons. The summed E-state index contributed by atoms with van der Waals surface area (Å²) < 4.78 is 5.40. The summed E-state index contributed by atoms with van der Waals surface area (Å²) in [6, 6.07) is 16.3. The lowest BCUT2D eigenvalue weighted by atomic mass is 10.1. The molecule has 0 aliphatic heterocycles. The monoisotopic (exact) mass is 298 g/mol. The molecule has 0 fully saturated rings. The third-order valence-electron chi connectivity index (χ3n) is 2.96. The molecule has 2 aromatic carbocycles. The van der Waals surface area contributed by atoms with E-state index in [-0.39, 0.29) is 6.61 Å². The van der Waals surface area contributed by atoms with Crippen LogP contribution >= 0.6 is 11.8 Å².